The van der Waals surface area contributed by atoms with Gasteiger partial charge in [-0.3, -0.25) is 14.2 Å². The molecule has 0 saturated carbocycles. The van der Waals surface area contributed by atoms with Gasteiger partial charge in [0.05, 0.1) is 11.7 Å². The van der Waals surface area contributed by atoms with E-state index >= 15 is 0 Å². The Hall–Kier alpha value is -2.99. The van der Waals surface area contributed by atoms with E-state index in [2.05, 4.69) is 18.1 Å². The zero-order chi connectivity index (χ0) is 19.4. The summed E-state index contributed by atoms with van der Waals surface area (Å²) in [5.41, 5.74) is 2.77. The molecule has 0 atom stereocenters. The van der Waals surface area contributed by atoms with E-state index in [1.165, 1.54) is 22.2 Å². The number of rotatable bonds is 7. The monoisotopic (exact) mass is 379 g/mol. The molecule has 0 aliphatic carbocycles. The average molecular weight is 379 g/mol. The summed E-state index contributed by atoms with van der Waals surface area (Å²) in [5, 5.41) is 2.50. The van der Waals surface area contributed by atoms with Crippen molar-refractivity contribution in [2.45, 2.75) is 13.5 Å². The zero-order valence-corrected chi connectivity index (χ0v) is 16.0. The lowest BCUT2D eigenvalue weighted by Gasteiger charge is -2.19. The molecular weight excluding hydrogens is 358 g/mol. The molecule has 3 rings (SSSR count). The first kappa shape index (κ1) is 18.8. The Labute approximate surface area is 161 Å². The highest BCUT2D eigenvalue weighted by atomic mass is 32.1. The molecule has 0 aliphatic rings. The highest BCUT2D eigenvalue weighted by molar-refractivity contribution is 7.17. The molecule has 27 heavy (non-hydrogen) atoms. The maximum Gasteiger partial charge on any atom is 0.263 e. The smallest absolute Gasteiger partial charge is 0.263 e. The fourth-order valence-electron chi connectivity index (χ4n) is 2.86. The largest absolute Gasteiger partial charge is 0.334 e. The maximum absolute atomic E-state index is 13.0. The van der Waals surface area contributed by atoms with Crippen LogP contribution in [0.1, 0.15) is 5.56 Å². The van der Waals surface area contributed by atoms with Gasteiger partial charge in [-0.1, -0.05) is 42.0 Å². The summed E-state index contributed by atoms with van der Waals surface area (Å²) in [4.78, 5) is 32.2. The quantitative estimate of drug-likeness (QED) is 0.589. The minimum absolute atomic E-state index is 0.0629. The third kappa shape index (κ3) is 3.90. The molecule has 0 unspecified atom stereocenters. The molecule has 2 heterocycles. The molecule has 0 saturated heterocycles. The fourth-order valence-corrected chi connectivity index (χ4v) is 3.77. The van der Waals surface area contributed by atoms with Crippen molar-refractivity contribution < 1.29 is 4.79 Å². The first-order valence-corrected chi connectivity index (χ1v) is 9.46. The van der Waals surface area contributed by atoms with Crippen LogP contribution in [0.25, 0.3) is 21.3 Å². The summed E-state index contributed by atoms with van der Waals surface area (Å²) in [5.74, 6) is -0.176. The van der Waals surface area contributed by atoms with Gasteiger partial charge in [0.2, 0.25) is 5.91 Å². The summed E-state index contributed by atoms with van der Waals surface area (Å²) in [6.45, 7) is 10.1. The van der Waals surface area contributed by atoms with Crippen molar-refractivity contribution in [1.82, 2.24) is 14.5 Å². The molecule has 138 valence electrons. The lowest BCUT2D eigenvalue weighted by atomic mass is 10.1. The molecule has 5 nitrogen and oxygen atoms in total. The number of amides is 1. The molecular formula is C21H21N3O2S. The molecule has 0 fully saturated rings. The fraction of sp³-hybridized carbons (Fsp3) is 0.190. The molecule has 0 N–H and O–H groups in total. The van der Waals surface area contributed by atoms with Crippen LogP contribution in [-0.2, 0) is 11.3 Å². The predicted octanol–water partition coefficient (Wildman–Crippen LogP) is 3.63. The van der Waals surface area contributed by atoms with E-state index in [1.807, 2.05) is 36.6 Å². The van der Waals surface area contributed by atoms with Gasteiger partial charge in [0.25, 0.3) is 5.56 Å². The van der Waals surface area contributed by atoms with Crippen LogP contribution in [0, 0.1) is 6.92 Å². The van der Waals surface area contributed by atoms with Crippen molar-refractivity contribution in [1.29, 1.82) is 0 Å². The summed E-state index contributed by atoms with van der Waals surface area (Å²) >= 11 is 1.43. The van der Waals surface area contributed by atoms with Gasteiger partial charge in [-0.2, -0.15) is 0 Å². The molecule has 0 bridgehead atoms. The first-order chi connectivity index (χ1) is 13.0. The Morgan fingerprint density at radius 3 is 2.52 bits per heavy atom. The average Bonchev–Trinajstić information content (AvgIpc) is 3.09. The summed E-state index contributed by atoms with van der Waals surface area (Å²) in [6.07, 6.45) is 4.75. The van der Waals surface area contributed by atoms with Gasteiger partial charge in [-0.05, 0) is 12.5 Å². The number of thiophene rings is 1. The second kappa shape index (κ2) is 8.14. The van der Waals surface area contributed by atoms with Crippen LogP contribution in [0.15, 0.2) is 66.1 Å². The topological polar surface area (TPSA) is 55.2 Å². The molecule has 3 aromatic rings. The summed E-state index contributed by atoms with van der Waals surface area (Å²) in [7, 11) is 0. The molecule has 6 heteroatoms. The van der Waals surface area contributed by atoms with E-state index in [0.29, 0.717) is 23.3 Å². The van der Waals surface area contributed by atoms with Gasteiger partial charge >= 0.3 is 0 Å². The lowest BCUT2D eigenvalue weighted by molar-refractivity contribution is -0.130. The number of carbonyl (C=O) groups excluding carboxylic acids is 1. The van der Waals surface area contributed by atoms with Gasteiger partial charge in [-0.15, -0.1) is 24.5 Å². The third-order valence-electron chi connectivity index (χ3n) is 4.28. The Morgan fingerprint density at radius 1 is 1.22 bits per heavy atom. The molecule has 2 aromatic heterocycles. The van der Waals surface area contributed by atoms with E-state index in [4.69, 9.17) is 0 Å². The number of fused-ring (bicyclic) bond motifs is 1. The summed E-state index contributed by atoms with van der Waals surface area (Å²) in [6, 6.07) is 8.02. The normalized spacial score (nSPS) is 10.7. The summed E-state index contributed by atoms with van der Waals surface area (Å²) < 4.78 is 1.37. The van der Waals surface area contributed by atoms with E-state index in [0.717, 1.165) is 16.7 Å². The standard InChI is InChI=1S/C21H21N3O2S/c1-4-10-23(11-5-2)18(25)12-24-14-22-20-19(21(24)26)17(13-27-20)16-8-6-15(3)7-9-16/h4-9,13-14H,1-2,10-12H2,3H3. The third-order valence-corrected chi connectivity index (χ3v) is 5.17. The van der Waals surface area contributed by atoms with Gasteiger partial charge < -0.3 is 4.90 Å². The molecule has 1 amide bonds. The second-order valence-corrected chi connectivity index (χ2v) is 7.11. The number of benzene rings is 1. The second-order valence-electron chi connectivity index (χ2n) is 6.25. The number of hydrogen-bond donors (Lipinski definition) is 0. The number of carbonyl (C=O) groups is 1. The predicted molar refractivity (Wildman–Crippen MR) is 111 cm³/mol. The maximum atomic E-state index is 13.0. The van der Waals surface area contributed by atoms with Crippen molar-refractivity contribution in [2.75, 3.05) is 13.1 Å². The van der Waals surface area contributed by atoms with Gasteiger partial charge in [0.15, 0.2) is 0 Å². The number of nitrogens with zero attached hydrogens (tertiary/aromatic N) is 3. The van der Waals surface area contributed by atoms with Crippen LogP contribution in [0.4, 0.5) is 0 Å². The van der Waals surface area contributed by atoms with Crippen LogP contribution in [-0.4, -0.2) is 33.4 Å². The van der Waals surface area contributed by atoms with Crippen molar-refractivity contribution in [2.24, 2.45) is 0 Å². The Kier molecular flexibility index (Phi) is 5.66. The van der Waals surface area contributed by atoms with Crippen LogP contribution in [0.2, 0.25) is 0 Å². The van der Waals surface area contributed by atoms with E-state index in [1.54, 1.807) is 17.1 Å². The highest BCUT2D eigenvalue weighted by Crippen LogP contribution is 2.30. The first-order valence-electron chi connectivity index (χ1n) is 8.58. The van der Waals surface area contributed by atoms with Gasteiger partial charge in [-0.25, -0.2) is 4.98 Å². The van der Waals surface area contributed by atoms with E-state index < -0.39 is 0 Å². The van der Waals surface area contributed by atoms with Crippen LogP contribution >= 0.6 is 11.3 Å². The van der Waals surface area contributed by atoms with Gasteiger partial charge in [0.1, 0.15) is 11.4 Å². The Morgan fingerprint density at radius 2 is 1.89 bits per heavy atom. The molecule has 1 aromatic carbocycles. The van der Waals surface area contributed by atoms with Crippen LogP contribution < -0.4 is 5.56 Å². The SMILES string of the molecule is C=CCN(CC=C)C(=O)Cn1cnc2scc(-c3ccc(C)cc3)c2c1=O. The van der Waals surface area contributed by atoms with Gasteiger partial charge in [0, 0.05) is 24.0 Å². The lowest BCUT2D eigenvalue weighted by Crippen LogP contribution is -2.36. The van der Waals surface area contributed by atoms with Crippen molar-refractivity contribution in [3.05, 3.63) is 77.2 Å². The molecule has 0 aliphatic heterocycles. The van der Waals surface area contributed by atoms with Crippen LogP contribution in [0.5, 0.6) is 0 Å². The Bertz CT molecular complexity index is 1040. The van der Waals surface area contributed by atoms with Crippen molar-refractivity contribution in [3.8, 4) is 11.1 Å². The Balaban J connectivity index is 1.99. The minimum Gasteiger partial charge on any atom is -0.334 e. The zero-order valence-electron chi connectivity index (χ0n) is 15.2. The van der Waals surface area contributed by atoms with Crippen LogP contribution in [0.3, 0.4) is 0 Å². The van der Waals surface area contributed by atoms with E-state index in [9.17, 15) is 9.59 Å². The highest BCUT2D eigenvalue weighted by Gasteiger charge is 2.16. The molecule has 0 radical (unpaired) electrons. The van der Waals surface area contributed by atoms with E-state index in [-0.39, 0.29) is 18.0 Å². The number of aromatic nitrogens is 2. The number of aryl methyl sites for hydroxylation is 1. The molecule has 0 spiro atoms. The van der Waals surface area contributed by atoms with Crippen molar-refractivity contribution >= 4 is 27.5 Å². The number of hydrogen-bond acceptors (Lipinski definition) is 4. The minimum atomic E-state index is -0.206. The van der Waals surface area contributed by atoms with Crippen molar-refractivity contribution in [3.63, 3.8) is 0 Å².